The van der Waals surface area contributed by atoms with Crippen molar-refractivity contribution >= 4 is 29.3 Å². The third kappa shape index (κ3) is 7.90. The Hall–Kier alpha value is -5.00. The van der Waals surface area contributed by atoms with E-state index in [1.807, 2.05) is 25.1 Å². The van der Waals surface area contributed by atoms with Crippen molar-refractivity contribution in [2.24, 2.45) is 0 Å². The first-order valence-corrected chi connectivity index (χ1v) is 17.9. The molecule has 3 aliphatic rings. The largest absolute Gasteiger partial charge is 0.496 e. The standard InChI is InChI=1S/C40H47F2N5O5/c1-23-31(8-7-9-34(23)51-6)38(49)45-28-20-29-11-12-30(21-28)47(29)35-13-10-26(22-43-35)37(48)44-24(2)36-32(41)18-27(19-33(36)42)25-14-16-46(17-15-25)39(50)52-40(3,4)5/h7-10,13-14,18-19,22,24,28-30H,11-12,15-17,20-21H2,1-6H3,(H,44,48)(H,45,49). The molecule has 10 nitrogen and oxygen atoms in total. The van der Waals surface area contributed by atoms with Crippen molar-refractivity contribution in [1.29, 1.82) is 0 Å². The first-order chi connectivity index (χ1) is 24.7. The molecule has 3 atom stereocenters. The Morgan fingerprint density at radius 3 is 2.27 bits per heavy atom. The topological polar surface area (TPSA) is 113 Å². The summed E-state index contributed by atoms with van der Waals surface area (Å²) in [6.45, 7) is 9.45. The monoisotopic (exact) mass is 715 g/mol. The summed E-state index contributed by atoms with van der Waals surface area (Å²) in [5, 5.41) is 5.94. The summed E-state index contributed by atoms with van der Waals surface area (Å²) in [5.74, 6) is -0.699. The van der Waals surface area contributed by atoms with Crippen LogP contribution in [0.1, 0.15) is 103 Å². The van der Waals surface area contributed by atoms with E-state index < -0.39 is 35.3 Å². The Balaban J connectivity index is 1.05. The average molecular weight is 716 g/mol. The predicted molar refractivity (Wildman–Crippen MR) is 194 cm³/mol. The van der Waals surface area contributed by atoms with Crippen LogP contribution < -0.4 is 20.3 Å². The highest BCUT2D eigenvalue weighted by molar-refractivity contribution is 5.96. The van der Waals surface area contributed by atoms with Crippen LogP contribution in [0.4, 0.5) is 19.4 Å². The number of piperidine rings is 1. The van der Waals surface area contributed by atoms with Gasteiger partial charge in [0, 0.05) is 54.1 Å². The molecule has 6 rings (SSSR count). The molecule has 3 aliphatic heterocycles. The fourth-order valence-corrected chi connectivity index (χ4v) is 7.65. The van der Waals surface area contributed by atoms with Crippen molar-refractivity contribution in [3.8, 4) is 5.75 Å². The molecule has 3 aromatic rings. The van der Waals surface area contributed by atoms with Gasteiger partial charge in [-0.2, -0.15) is 0 Å². The van der Waals surface area contributed by atoms with Crippen molar-refractivity contribution in [3.05, 3.63) is 94.2 Å². The molecular weight excluding hydrogens is 668 g/mol. The number of methoxy groups -OCH3 is 1. The van der Waals surface area contributed by atoms with E-state index >= 15 is 8.78 Å². The molecule has 2 bridgehead atoms. The molecule has 2 N–H and O–H groups in total. The van der Waals surface area contributed by atoms with Gasteiger partial charge in [0.2, 0.25) is 0 Å². The number of pyridine rings is 1. The van der Waals surface area contributed by atoms with Crippen LogP contribution in [0.5, 0.6) is 5.75 Å². The maximum Gasteiger partial charge on any atom is 0.410 e. The zero-order chi connectivity index (χ0) is 37.3. The molecule has 0 aliphatic carbocycles. The van der Waals surface area contributed by atoms with E-state index in [-0.39, 0.29) is 41.7 Å². The minimum atomic E-state index is -0.949. The zero-order valence-corrected chi connectivity index (χ0v) is 30.6. The number of amides is 3. The molecular formula is C40H47F2N5O5. The van der Waals surface area contributed by atoms with Gasteiger partial charge in [0.15, 0.2) is 0 Å². The number of rotatable bonds is 8. The molecule has 2 aromatic carbocycles. The van der Waals surface area contributed by atoms with Gasteiger partial charge in [0.1, 0.15) is 28.8 Å². The van der Waals surface area contributed by atoms with Crippen molar-refractivity contribution in [2.45, 2.75) is 96.5 Å². The number of fused-ring (bicyclic) bond motifs is 2. The van der Waals surface area contributed by atoms with E-state index in [1.54, 1.807) is 51.0 Å². The van der Waals surface area contributed by atoms with Gasteiger partial charge in [-0.05, 0) is 114 Å². The molecule has 0 saturated carbocycles. The number of halogens is 2. The van der Waals surface area contributed by atoms with Gasteiger partial charge >= 0.3 is 6.09 Å². The number of carbonyl (C=O) groups excluding carboxylic acids is 3. The lowest BCUT2D eigenvalue weighted by Crippen LogP contribution is -2.50. The molecule has 1 aromatic heterocycles. The Kier molecular flexibility index (Phi) is 10.6. The Bertz CT molecular complexity index is 1840. The van der Waals surface area contributed by atoms with Gasteiger partial charge < -0.3 is 29.9 Å². The van der Waals surface area contributed by atoms with Crippen LogP contribution in [0, 0.1) is 18.6 Å². The first-order valence-electron chi connectivity index (χ1n) is 17.9. The van der Waals surface area contributed by atoms with Crippen LogP contribution in [0.3, 0.4) is 0 Å². The lowest BCUT2D eigenvalue weighted by Gasteiger charge is -2.40. The molecule has 0 radical (unpaired) electrons. The second-order valence-electron chi connectivity index (χ2n) is 14.9. The van der Waals surface area contributed by atoms with Crippen LogP contribution in [0.15, 0.2) is 54.7 Å². The third-order valence-corrected chi connectivity index (χ3v) is 10.2. The third-order valence-electron chi connectivity index (χ3n) is 10.2. The Morgan fingerprint density at radius 1 is 1.00 bits per heavy atom. The van der Waals surface area contributed by atoms with Crippen molar-refractivity contribution in [3.63, 3.8) is 0 Å². The molecule has 2 fully saturated rings. The highest BCUT2D eigenvalue weighted by Crippen LogP contribution is 2.39. The number of hydrogen-bond donors (Lipinski definition) is 2. The molecule has 4 heterocycles. The zero-order valence-electron chi connectivity index (χ0n) is 30.6. The summed E-state index contributed by atoms with van der Waals surface area (Å²) >= 11 is 0. The molecule has 2 saturated heterocycles. The number of carbonyl (C=O) groups is 3. The average Bonchev–Trinajstić information content (AvgIpc) is 3.36. The van der Waals surface area contributed by atoms with Crippen LogP contribution in [0.25, 0.3) is 5.57 Å². The first kappa shape index (κ1) is 36.8. The smallest absolute Gasteiger partial charge is 0.410 e. The van der Waals surface area contributed by atoms with E-state index in [1.165, 1.54) is 25.3 Å². The predicted octanol–water partition coefficient (Wildman–Crippen LogP) is 7.12. The summed E-state index contributed by atoms with van der Waals surface area (Å²) in [6, 6.07) is 11.0. The van der Waals surface area contributed by atoms with Gasteiger partial charge in [0.05, 0.1) is 18.7 Å². The van der Waals surface area contributed by atoms with Crippen LogP contribution in [-0.2, 0) is 4.74 Å². The van der Waals surface area contributed by atoms with Gasteiger partial charge in [-0.25, -0.2) is 18.6 Å². The second kappa shape index (κ2) is 14.9. The highest BCUT2D eigenvalue weighted by atomic mass is 19.1. The maximum atomic E-state index is 15.4. The van der Waals surface area contributed by atoms with E-state index in [0.29, 0.717) is 29.8 Å². The summed E-state index contributed by atoms with van der Waals surface area (Å²) in [6.07, 6.45) is 6.78. The van der Waals surface area contributed by atoms with E-state index in [9.17, 15) is 14.4 Å². The number of ether oxygens (including phenoxy) is 2. The summed E-state index contributed by atoms with van der Waals surface area (Å²) < 4.78 is 41.6. The van der Waals surface area contributed by atoms with Gasteiger partial charge in [-0.1, -0.05) is 12.1 Å². The summed E-state index contributed by atoms with van der Waals surface area (Å²) in [4.78, 5) is 47.2. The fraction of sp³-hybridized carbons (Fsp3) is 0.450. The van der Waals surface area contributed by atoms with Crippen molar-refractivity contribution in [2.75, 3.05) is 25.1 Å². The number of nitrogens with one attached hydrogen (secondary N) is 2. The Labute approximate surface area is 303 Å². The SMILES string of the molecule is COc1cccc(C(=O)NC2CC3CCC(C2)N3c2ccc(C(=O)NC(C)c3c(F)cc(C4=CCN(C(=O)OC(C)(C)C)CC4)cc3F)cn2)c1C. The van der Waals surface area contributed by atoms with Crippen molar-refractivity contribution in [1.82, 2.24) is 20.5 Å². The minimum Gasteiger partial charge on any atom is -0.496 e. The van der Waals surface area contributed by atoms with Gasteiger partial charge in [0.25, 0.3) is 11.8 Å². The van der Waals surface area contributed by atoms with Crippen LogP contribution in [-0.4, -0.2) is 71.7 Å². The molecule has 276 valence electrons. The molecule has 12 heteroatoms. The molecule has 3 unspecified atom stereocenters. The number of benzene rings is 2. The quantitative estimate of drug-likeness (QED) is 0.255. The van der Waals surface area contributed by atoms with Crippen LogP contribution in [0.2, 0.25) is 0 Å². The second-order valence-corrected chi connectivity index (χ2v) is 14.9. The normalized spacial score (nSPS) is 20.5. The number of anilines is 1. The molecule has 52 heavy (non-hydrogen) atoms. The minimum absolute atomic E-state index is 0.0298. The van der Waals surface area contributed by atoms with Gasteiger partial charge in [-0.3, -0.25) is 9.59 Å². The summed E-state index contributed by atoms with van der Waals surface area (Å²) in [7, 11) is 1.59. The highest BCUT2D eigenvalue weighted by Gasteiger charge is 2.42. The molecule has 0 spiro atoms. The van der Waals surface area contributed by atoms with E-state index in [4.69, 9.17) is 9.47 Å². The van der Waals surface area contributed by atoms with E-state index in [0.717, 1.165) is 42.6 Å². The summed E-state index contributed by atoms with van der Waals surface area (Å²) in [5.41, 5.74) is 1.97. The van der Waals surface area contributed by atoms with Crippen molar-refractivity contribution < 1.29 is 32.6 Å². The lowest BCUT2D eigenvalue weighted by atomic mass is 9.96. The molecule has 3 amide bonds. The number of hydrogen-bond acceptors (Lipinski definition) is 7. The van der Waals surface area contributed by atoms with Crippen LogP contribution >= 0.6 is 0 Å². The number of aromatic nitrogens is 1. The van der Waals surface area contributed by atoms with E-state index in [2.05, 4.69) is 20.5 Å². The maximum absolute atomic E-state index is 15.4. The Morgan fingerprint density at radius 2 is 1.69 bits per heavy atom. The lowest BCUT2D eigenvalue weighted by molar-refractivity contribution is 0.0270. The van der Waals surface area contributed by atoms with Gasteiger partial charge in [-0.15, -0.1) is 0 Å². The fourth-order valence-electron chi connectivity index (χ4n) is 7.65. The number of nitrogens with zero attached hydrogens (tertiary/aromatic N) is 3.